The Morgan fingerprint density at radius 1 is 1.67 bits per heavy atom. The molecule has 0 fully saturated rings. The van der Waals surface area contributed by atoms with Crippen molar-refractivity contribution in [3.8, 4) is 0 Å². The lowest BCUT2D eigenvalue weighted by atomic mass is 10.5. The molecule has 114 valence electrons. The summed E-state index contributed by atoms with van der Waals surface area (Å²) >= 11 is 0. The van der Waals surface area contributed by atoms with Gasteiger partial charge in [0.25, 0.3) is 5.56 Å². The average molecular weight is 296 g/mol. The number of aliphatic carboxylic acids is 1. The van der Waals surface area contributed by atoms with E-state index < -0.39 is 5.97 Å². The summed E-state index contributed by atoms with van der Waals surface area (Å²) in [5.74, 6) is -1.20. The molecule has 2 aromatic rings. The van der Waals surface area contributed by atoms with Gasteiger partial charge in [0.1, 0.15) is 6.73 Å². The molecular weight excluding hydrogens is 282 g/mol. The van der Waals surface area contributed by atoms with Crippen molar-refractivity contribution in [2.45, 2.75) is 6.73 Å². The van der Waals surface area contributed by atoms with Gasteiger partial charge in [0.05, 0.1) is 25.5 Å². The van der Waals surface area contributed by atoms with Crippen molar-refractivity contribution < 1.29 is 19.7 Å². The molecule has 0 unspecified atom stereocenters. The van der Waals surface area contributed by atoms with Crippen molar-refractivity contribution in [1.82, 2.24) is 19.5 Å². The first-order chi connectivity index (χ1) is 9.99. The third-order valence-corrected chi connectivity index (χ3v) is 2.13. The number of hydrogen-bond donors (Lipinski definition) is 3. The Morgan fingerprint density at radius 3 is 2.90 bits per heavy atom. The van der Waals surface area contributed by atoms with Crippen LogP contribution in [0, 0.1) is 0 Å². The molecule has 0 atom stereocenters. The molecule has 0 aliphatic carbocycles. The normalized spacial score (nSPS) is 9.95. The molecule has 10 nitrogen and oxygen atoms in total. The fraction of sp³-hybridized carbons (Fsp3) is 0.273. The van der Waals surface area contributed by atoms with E-state index in [0.29, 0.717) is 5.65 Å². The van der Waals surface area contributed by atoms with Crippen molar-refractivity contribution in [1.29, 1.82) is 0 Å². The number of anilines is 1. The Bertz CT molecular complexity index is 677. The van der Waals surface area contributed by atoms with Crippen LogP contribution in [0.3, 0.4) is 0 Å². The Labute approximate surface area is 118 Å². The first-order valence-electron chi connectivity index (χ1n) is 5.72. The maximum atomic E-state index is 11.4. The summed E-state index contributed by atoms with van der Waals surface area (Å²) in [7, 11) is 0. The lowest BCUT2D eigenvalue weighted by molar-refractivity contribution is -0.297. The number of aliphatic hydroxyl groups excluding tert-OH is 1. The van der Waals surface area contributed by atoms with Crippen LogP contribution in [0.25, 0.3) is 11.2 Å². The predicted octanol–water partition coefficient (Wildman–Crippen LogP) is -2.41. The van der Waals surface area contributed by atoms with Crippen LogP contribution in [-0.2, 0) is 16.3 Å². The Morgan fingerprint density at radius 2 is 2.33 bits per heavy atom. The second-order valence-electron chi connectivity index (χ2n) is 3.62. The minimum Gasteiger partial charge on any atom is -0.545 e. The van der Waals surface area contributed by atoms with Crippen LogP contribution < -0.4 is 16.4 Å². The maximum absolute atomic E-state index is 11.4. The molecule has 2 aromatic heterocycles. The van der Waals surface area contributed by atoms with Gasteiger partial charge in [0.15, 0.2) is 11.2 Å². The summed E-state index contributed by atoms with van der Waals surface area (Å²) in [6.45, 7) is 3.20. The average Bonchev–Trinajstić information content (AvgIpc) is 2.83. The Kier molecular flexibility index (Phi) is 6.04. The highest BCUT2D eigenvalue weighted by atomic mass is 16.5. The summed E-state index contributed by atoms with van der Waals surface area (Å²) in [6.07, 6.45) is 2.16. The van der Waals surface area contributed by atoms with Gasteiger partial charge < -0.3 is 25.5 Å². The van der Waals surface area contributed by atoms with Gasteiger partial charge in [0.2, 0.25) is 5.95 Å². The number of nitrogens with one attached hydrogen (secondary N) is 1. The molecule has 0 spiro atoms. The molecular formula is C11H14N5O5-. The lowest BCUT2D eigenvalue weighted by Crippen LogP contribution is -2.17. The van der Waals surface area contributed by atoms with Crippen LogP contribution >= 0.6 is 0 Å². The number of carbonyl (C=O) groups excluding carboxylic acids is 1. The van der Waals surface area contributed by atoms with Gasteiger partial charge in [-0.3, -0.25) is 14.3 Å². The van der Waals surface area contributed by atoms with Gasteiger partial charge in [-0.25, -0.2) is 4.98 Å². The van der Waals surface area contributed by atoms with Crippen molar-refractivity contribution >= 4 is 23.1 Å². The first kappa shape index (κ1) is 16.3. The van der Waals surface area contributed by atoms with Crippen LogP contribution in [0.15, 0.2) is 23.8 Å². The second kappa shape index (κ2) is 7.77. The quantitative estimate of drug-likeness (QED) is 0.406. The first-order valence-corrected chi connectivity index (χ1v) is 5.72. The van der Waals surface area contributed by atoms with Crippen LogP contribution in [0.5, 0.6) is 0 Å². The van der Waals surface area contributed by atoms with Crippen LogP contribution in [0.2, 0.25) is 0 Å². The van der Waals surface area contributed by atoms with Gasteiger partial charge in [-0.15, -0.1) is 0 Å². The number of rotatable bonds is 5. The van der Waals surface area contributed by atoms with Crippen molar-refractivity contribution in [3.05, 3.63) is 29.3 Å². The Hall–Kier alpha value is -2.72. The number of carboxylic acids is 1. The number of carboxylic acid groups (broad SMARTS) is 1. The van der Waals surface area contributed by atoms with E-state index >= 15 is 0 Å². The zero-order chi connectivity index (χ0) is 15.8. The highest BCUT2D eigenvalue weighted by molar-refractivity contribution is 5.76. The molecule has 0 saturated carbocycles. The summed E-state index contributed by atoms with van der Waals surface area (Å²) < 4.78 is 6.63. The number of nitrogens with two attached hydrogens (primary N) is 1. The topological polar surface area (TPSA) is 159 Å². The molecule has 2 rings (SSSR count). The van der Waals surface area contributed by atoms with E-state index in [9.17, 15) is 4.79 Å². The predicted molar refractivity (Wildman–Crippen MR) is 70.8 cm³/mol. The van der Waals surface area contributed by atoms with Crippen molar-refractivity contribution in [2.75, 3.05) is 18.9 Å². The molecule has 0 radical (unpaired) electrons. The van der Waals surface area contributed by atoms with E-state index in [2.05, 4.69) is 21.5 Å². The Balaban J connectivity index is 0.000000383. The third kappa shape index (κ3) is 4.71. The number of fused-ring (bicyclic) bond motifs is 1. The number of aliphatic hydroxyl groups is 1. The zero-order valence-electron chi connectivity index (χ0n) is 11.0. The van der Waals surface area contributed by atoms with E-state index in [1.54, 1.807) is 0 Å². The number of ether oxygens (including phenoxy) is 1. The van der Waals surface area contributed by atoms with Crippen LogP contribution in [0.4, 0.5) is 5.95 Å². The number of carbonyl (C=O) groups is 1. The molecule has 0 bridgehead atoms. The molecule has 10 heteroatoms. The highest BCUT2D eigenvalue weighted by Crippen LogP contribution is 2.05. The van der Waals surface area contributed by atoms with Crippen LogP contribution in [0.1, 0.15) is 0 Å². The van der Waals surface area contributed by atoms with E-state index in [1.165, 1.54) is 10.9 Å². The van der Waals surface area contributed by atoms with Crippen molar-refractivity contribution in [3.63, 3.8) is 0 Å². The molecule has 0 aliphatic heterocycles. The van der Waals surface area contributed by atoms with Gasteiger partial charge in [-0.1, -0.05) is 6.58 Å². The number of H-pyrrole nitrogens is 1. The standard InChI is InChI=1S/C8H11N5O3.C3H4O2/c9-8-11-6-5(7(15)12-8)10-3-13(6)4-16-2-1-14;1-2-3(4)5/h3,14H,1-2,4H2,(H3,9,11,12,15);2H,1H2,(H,4,5)/p-1. The van der Waals surface area contributed by atoms with Gasteiger partial charge in [-0.05, 0) is 6.08 Å². The summed E-state index contributed by atoms with van der Waals surface area (Å²) in [4.78, 5) is 30.7. The van der Waals surface area contributed by atoms with E-state index in [4.69, 9.17) is 25.5 Å². The SMILES string of the molecule is C=CC(=O)[O-].Nc1nc2c(ncn2COCCO)c(=O)[nH]1. The van der Waals surface area contributed by atoms with Gasteiger partial charge >= 0.3 is 0 Å². The van der Waals surface area contributed by atoms with E-state index in [1.807, 2.05) is 0 Å². The lowest BCUT2D eigenvalue weighted by Gasteiger charge is -2.03. The minimum atomic E-state index is -1.23. The summed E-state index contributed by atoms with van der Waals surface area (Å²) in [5.41, 5.74) is 5.60. The fourth-order valence-corrected chi connectivity index (χ4v) is 1.29. The number of hydrogen-bond acceptors (Lipinski definition) is 8. The number of nitrogens with zero attached hydrogens (tertiary/aromatic N) is 3. The molecule has 0 amide bonds. The summed E-state index contributed by atoms with van der Waals surface area (Å²) in [5, 5.41) is 17.7. The molecule has 0 aliphatic rings. The molecule has 0 aromatic carbocycles. The third-order valence-electron chi connectivity index (χ3n) is 2.13. The van der Waals surface area contributed by atoms with Gasteiger partial charge in [-0.2, -0.15) is 4.98 Å². The number of nitrogen functional groups attached to an aromatic ring is 1. The zero-order valence-corrected chi connectivity index (χ0v) is 11.0. The van der Waals surface area contributed by atoms with Crippen LogP contribution in [-0.4, -0.2) is 43.8 Å². The molecule has 21 heavy (non-hydrogen) atoms. The second-order valence-corrected chi connectivity index (χ2v) is 3.62. The minimum absolute atomic E-state index is 0.0291. The van der Waals surface area contributed by atoms with Crippen molar-refractivity contribution in [2.24, 2.45) is 0 Å². The molecule has 4 N–H and O–H groups in total. The summed E-state index contributed by atoms with van der Waals surface area (Å²) in [6, 6.07) is 0. The largest absolute Gasteiger partial charge is 0.545 e. The smallest absolute Gasteiger partial charge is 0.280 e. The number of aromatic nitrogens is 4. The fourth-order valence-electron chi connectivity index (χ4n) is 1.29. The van der Waals surface area contributed by atoms with Gasteiger partial charge in [0, 0.05) is 0 Å². The maximum Gasteiger partial charge on any atom is 0.280 e. The molecule has 2 heterocycles. The van der Waals surface area contributed by atoms with E-state index in [0.717, 1.165) is 6.08 Å². The highest BCUT2D eigenvalue weighted by Gasteiger charge is 2.08. The molecule has 0 saturated heterocycles. The number of aromatic amines is 1. The monoisotopic (exact) mass is 296 g/mol. The number of imidazole rings is 1. The van der Waals surface area contributed by atoms with E-state index in [-0.39, 0.29) is 37.0 Å².